The Kier molecular flexibility index (Phi) is 9.11. The number of carbonyl (C=O) groups excluding carboxylic acids is 3. The molecule has 0 aliphatic carbocycles. The molecule has 4 heterocycles. The molecule has 15 nitrogen and oxygen atoms in total. The van der Waals surface area contributed by atoms with Crippen molar-refractivity contribution >= 4 is 34.9 Å². The Morgan fingerprint density at radius 1 is 0.938 bits per heavy atom. The van der Waals surface area contributed by atoms with E-state index >= 15 is 0 Å². The van der Waals surface area contributed by atoms with Crippen molar-refractivity contribution in [1.29, 1.82) is 0 Å². The molecule has 0 unspecified atom stereocenters. The molecule has 48 heavy (non-hydrogen) atoms. The Morgan fingerprint density at radius 2 is 1.65 bits per heavy atom. The van der Waals surface area contributed by atoms with E-state index in [1.807, 2.05) is 13.8 Å². The number of benzene rings is 2. The number of aliphatic hydroxyl groups is 3. The highest BCUT2D eigenvalue weighted by Crippen LogP contribution is 2.32. The van der Waals surface area contributed by atoms with Crippen LogP contribution in [0.4, 0.5) is 17.2 Å². The summed E-state index contributed by atoms with van der Waals surface area (Å²) in [6.07, 6.45) is -2.18. The number of amides is 3. The predicted molar refractivity (Wildman–Crippen MR) is 174 cm³/mol. The lowest BCUT2D eigenvalue weighted by atomic mass is 10.1. The Bertz CT molecular complexity index is 2090. The normalized spacial score (nSPS) is 12.3. The molecule has 0 bridgehead atoms. The van der Waals surface area contributed by atoms with Gasteiger partial charge in [-0.25, -0.2) is 4.98 Å². The van der Waals surface area contributed by atoms with E-state index in [4.69, 9.17) is 4.52 Å². The van der Waals surface area contributed by atoms with Gasteiger partial charge < -0.3 is 35.4 Å². The van der Waals surface area contributed by atoms with Crippen LogP contribution in [0.15, 0.2) is 76.2 Å². The predicted octanol–water partition coefficient (Wildman–Crippen LogP) is 3.09. The fraction of sp³-hybridized carbons (Fsp3) is 0.212. The summed E-state index contributed by atoms with van der Waals surface area (Å²) in [5, 5.41) is 36.5. The van der Waals surface area contributed by atoms with Gasteiger partial charge in [0.15, 0.2) is 5.82 Å². The number of aryl methyl sites for hydroxylation is 3. The third kappa shape index (κ3) is 6.50. The molecule has 5 aromatic rings. The van der Waals surface area contributed by atoms with Crippen molar-refractivity contribution in [3.05, 3.63) is 111 Å². The van der Waals surface area contributed by atoms with Crippen LogP contribution in [0.2, 0.25) is 0 Å². The molecule has 0 fully saturated rings. The van der Waals surface area contributed by atoms with Crippen molar-refractivity contribution < 1.29 is 34.2 Å². The standard InChI is InChI=1S/C31H27N7O8.C2H6/c1-16-13-22-23(15-37(29(22)41)21-9-7-18(8-10-21)25-17(2)46-36(3)30(25)42)26(32-16)28(40)33-20-6-4-5-19(14-20)27(39)34-24-11-12-38(35-24)31(43,44)45;1-2/h4-14,43-45H,15H2,1-3H3,(H,33,40)(H,34,35,39);1-2H3. The molecule has 0 radical (unpaired) electrons. The number of fused-ring (bicyclic) bond motifs is 1. The Hall–Kier alpha value is -5.90. The van der Waals surface area contributed by atoms with Crippen molar-refractivity contribution in [1.82, 2.24) is 19.5 Å². The first-order valence-electron chi connectivity index (χ1n) is 14.9. The summed E-state index contributed by atoms with van der Waals surface area (Å²) in [6, 6.07) is 15.8. The maximum absolute atomic E-state index is 13.5. The van der Waals surface area contributed by atoms with Gasteiger partial charge in [0.05, 0.1) is 12.1 Å². The van der Waals surface area contributed by atoms with Crippen molar-refractivity contribution in [3.63, 3.8) is 0 Å². The average molecular weight is 656 g/mol. The summed E-state index contributed by atoms with van der Waals surface area (Å²) in [5.41, 5.74) is 3.09. The van der Waals surface area contributed by atoms with Crippen molar-refractivity contribution in [2.24, 2.45) is 7.05 Å². The highest BCUT2D eigenvalue weighted by molar-refractivity contribution is 6.14. The molecule has 1 aliphatic heterocycles. The van der Waals surface area contributed by atoms with Gasteiger partial charge in [-0.2, -0.15) is 9.42 Å². The van der Waals surface area contributed by atoms with Crippen molar-refractivity contribution in [3.8, 4) is 11.1 Å². The molecule has 15 heteroatoms. The zero-order valence-electron chi connectivity index (χ0n) is 26.7. The molecule has 5 N–H and O–H groups in total. The van der Waals surface area contributed by atoms with Gasteiger partial charge in [0.2, 0.25) is 0 Å². The van der Waals surface area contributed by atoms with E-state index in [-0.39, 0.29) is 40.8 Å². The van der Waals surface area contributed by atoms with Crippen LogP contribution in [0.25, 0.3) is 11.1 Å². The van der Waals surface area contributed by atoms with Gasteiger partial charge in [-0.1, -0.05) is 32.0 Å². The number of nitrogens with one attached hydrogen (secondary N) is 2. The van der Waals surface area contributed by atoms with Crippen LogP contribution in [0.3, 0.4) is 0 Å². The van der Waals surface area contributed by atoms with Crippen molar-refractivity contribution in [2.45, 2.75) is 40.3 Å². The number of pyridine rings is 1. The summed E-state index contributed by atoms with van der Waals surface area (Å²) in [7, 11) is 1.53. The molecular weight excluding hydrogens is 622 g/mol. The van der Waals surface area contributed by atoms with Gasteiger partial charge in [-0.05, 0) is 55.8 Å². The lowest BCUT2D eigenvalue weighted by Gasteiger charge is -2.16. The third-order valence-electron chi connectivity index (χ3n) is 7.37. The zero-order chi connectivity index (χ0) is 34.9. The van der Waals surface area contributed by atoms with Crippen LogP contribution in [0, 0.1) is 13.8 Å². The SMILES string of the molecule is CC.Cc1cc2c(c(C(=O)Nc3cccc(C(=O)Nc4ccn(C(O)(O)O)n4)c3)n1)CN(c1ccc(-c3c(C)on(C)c3=O)cc1)C2=O. The van der Waals surface area contributed by atoms with E-state index in [9.17, 15) is 34.5 Å². The van der Waals surface area contributed by atoms with Crippen LogP contribution in [-0.2, 0) is 19.7 Å². The van der Waals surface area contributed by atoms with Crippen LogP contribution >= 0.6 is 0 Å². The fourth-order valence-corrected chi connectivity index (χ4v) is 5.23. The molecular formula is C33H33N7O8. The molecule has 3 aromatic heterocycles. The number of nitrogens with zero attached hydrogens (tertiary/aromatic N) is 5. The fourth-order valence-electron chi connectivity index (χ4n) is 5.23. The number of anilines is 3. The van der Waals surface area contributed by atoms with Gasteiger partial charge in [0, 0.05) is 53.1 Å². The maximum atomic E-state index is 13.5. The first kappa shape index (κ1) is 33.5. The zero-order valence-corrected chi connectivity index (χ0v) is 26.7. The van der Waals surface area contributed by atoms with Gasteiger partial charge in [-0.15, -0.1) is 5.10 Å². The highest BCUT2D eigenvalue weighted by atomic mass is 16.7. The summed E-state index contributed by atoms with van der Waals surface area (Å²) in [6.45, 7) is 7.46. The van der Waals surface area contributed by atoms with Crippen LogP contribution in [0.1, 0.15) is 62.1 Å². The van der Waals surface area contributed by atoms with Gasteiger partial charge in [0.25, 0.3) is 23.3 Å². The molecule has 0 saturated carbocycles. The lowest BCUT2D eigenvalue weighted by Crippen LogP contribution is -2.32. The van der Waals surface area contributed by atoms with Crippen LogP contribution in [0.5, 0.6) is 0 Å². The second-order valence-electron chi connectivity index (χ2n) is 10.6. The number of aromatic nitrogens is 4. The van der Waals surface area contributed by atoms with E-state index in [0.29, 0.717) is 44.1 Å². The molecule has 0 saturated heterocycles. The molecule has 6 rings (SSSR count). The largest absolute Gasteiger partial charge is 0.389 e. The molecule has 248 valence electrons. The Balaban J connectivity index is 0.00000221. The second-order valence-corrected chi connectivity index (χ2v) is 10.6. The number of carbonyl (C=O) groups is 3. The number of hydrogen-bond acceptors (Lipinski definition) is 10. The first-order valence-corrected chi connectivity index (χ1v) is 14.9. The monoisotopic (exact) mass is 655 g/mol. The molecule has 0 atom stereocenters. The number of hydrogen-bond donors (Lipinski definition) is 5. The van der Waals surface area contributed by atoms with E-state index < -0.39 is 17.9 Å². The van der Waals surface area contributed by atoms with Gasteiger partial charge in [0.1, 0.15) is 11.5 Å². The molecule has 3 amide bonds. The van der Waals surface area contributed by atoms with E-state index in [2.05, 4.69) is 20.7 Å². The minimum Gasteiger partial charge on any atom is -0.381 e. The average Bonchev–Trinajstić information content (AvgIpc) is 3.73. The van der Waals surface area contributed by atoms with Crippen molar-refractivity contribution in [2.75, 3.05) is 15.5 Å². The minimum absolute atomic E-state index is 0.0564. The second kappa shape index (κ2) is 13.1. The van der Waals surface area contributed by atoms with Gasteiger partial charge >= 0.3 is 6.10 Å². The van der Waals surface area contributed by atoms with E-state index in [1.54, 1.807) is 56.3 Å². The Morgan fingerprint density at radius 3 is 2.27 bits per heavy atom. The van der Waals surface area contributed by atoms with Crippen LogP contribution < -0.4 is 21.1 Å². The first-order chi connectivity index (χ1) is 22.8. The summed E-state index contributed by atoms with van der Waals surface area (Å²) in [4.78, 5) is 58.2. The van der Waals surface area contributed by atoms with Crippen LogP contribution in [-0.4, -0.2) is 52.5 Å². The Labute approximate surface area is 273 Å². The number of rotatable bonds is 7. The minimum atomic E-state index is -3.23. The van der Waals surface area contributed by atoms with E-state index in [0.717, 1.165) is 10.9 Å². The maximum Gasteiger partial charge on any atom is 0.389 e. The van der Waals surface area contributed by atoms with Gasteiger partial charge in [-0.3, -0.25) is 19.2 Å². The third-order valence-corrected chi connectivity index (χ3v) is 7.37. The molecule has 1 aliphatic rings. The summed E-state index contributed by atoms with van der Waals surface area (Å²) >= 11 is 0. The van der Waals surface area contributed by atoms with E-state index in [1.165, 1.54) is 30.1 Å². The topological polar surface area (TPSA) is 205 Å². The smallest absolute Gasteiger partial charge is 0.381 e. The molecule has 2 aromatic carbocycles. The summed E-state index contributed by atoms with van der Waals surface area (Å²) in [5.74, 6) is -1.10. The molecule has 0 spiro atoms. The highest BCUT2D eigenvalue weighted by Gasteiger charge is 2.34. The summed E-state index contributed by atoms with van der Waals surface area (Å²) < 4.78 is 6.96. The lowest BCUT2D eigenvalue weighted by molar-refractivity contribution is -0.380. The quantitative estimate of drug-likeness (QED) is 0.162.